The Labute approximate surface area is 160 Å². The third-order valence-electron chi connectivity index (χ3n) is 5.26. The maximum absolute atomic E-state index is 4.97. The van der Waals surface area contributed by atoms with Gasteiger partial charge in [-0.15, -0.1) is 0 Å². The molecule has 0 aliphatic carbocycles. The normalized spacial score (nSPS) is 11.3. The predicted octanol–water partition coefficient (Wildman–Crippen LogP) is 7.44. The first-order valence-corrected chi connectivity index (χ1v) is 11.1. The number of hydrogen-bond acceptors (Lipinski definition) is 2. The topological polar surface area (TPSA) is 25.8 Å². The van der Waals surface area contributed by atoms with Crippen molar-refractivity contribution in [3.8, 4) is 0 Å². The molecule has 2 aromatic rings. The molecule has 0 spiro atoms. The van der Waals surface area contributed by atoms with Gasteiger partial charge in [-0.25, -0.2) is 9.97 Å². The van der Waals surface area contributed by atoms with Crippen LogP contribution in [0.15, 0.2) is 24.3 Å². The first kappa shape index (κ1) is 20.9. The Bertz CT molecular complexity index is 566. The Morgan fingerprint density at radius 2 is 0.923 bits per heavy atom. The van der Waals surface area contributed by atoms with Crippen LogP contribution in [-0.2, 0) is 12.8 Å². The van der Waals surface area contributed by atoms with Gasteiger partial charge in [-0.05, 0) is 37.8 Å². The minimum absolute atomic E-state index is 1.06. The van der Waals surface area contributed by atoms with Crippen LogP contribution in [0.2, 0.25) is 0 Å². The van der Waals surface area contributed by atoms with E-state index in [2.05, 4.69) is 38.1 Å². The molecule has 0 bridgehead atoms. The van der Waals surface area contributed by atoms with E-state index < -0.39 is 0 Å². The van der Waals surface area contributed by atoms with Crippen LogP contribution in [0.3, 0.4) is 0 Å². The molecule has 0 fully saturated rings. The van der Waals surface area contributed by atoms with Crippen molar-refractivity contribution in [2.24, 2.45) is 0 Å². The third-order valence-corrected chi connectivity index (χ3v) is 5.26. The maximum atomic E-state index is 4.97. The van der Waals surface area contributed by atoms with E-state index >= 15 is 0 Å². The Morgan fingerprint density at radius 1 is 0.538 bits per heavy atom. The van der Waals surface area contributed by atoms with Crippen LogP contribution in [-0.4, -0.2) is 9.97 Å². The van der Waals surface area contributed by atoms with Crippen molar-refractivity contribution in [2.45, 2.75) is 104 Å². The average molecular weight is 355 g/mol. The smallest absolute Gasteiger partial charge is 0.0890 e. The minimum atomic E-state index is 1.06. The molecule has 0 N–H and O–H groups in total. The van der Waals surface area contributed by atoms with Crippen LogP contribution in [0, 0.1) is 0 Å². The van der Waals surface area contributed by atoms with Gasteiger partial charge in [0.05, 0.1) is 22.4 Å². The number of benzene rings is 1. The molecule has 0 atom stereocenters. The zero-order valence-electron chi connectivity index (χ0n) is 17.1. The molecule has 0 aliphatic rings. The van der Waals surface area contributed by atoms with Gasteiger partial charge >= 0.3 is 0 Å². The molecule has 1 aromatic heterocycles. The van der Waals surface area contributed by atoms with E-state index in [0.717, 1.165) is 23.9 Å². The molecule has 1 aromatic carbocycles. The van der Waals surface area contributed by atoms with E-state index in [1.807, 2.05) is 0 Å². The van der Waals surface area contributed by atoms with Gasteiger partial charge in [-0.2, -0.15) is 0 Å². The summed E-state index contributed by atoms with van der Waals surface area (Å²) in [5.41, 5.74) is 4.63. The molecule has 26 heavy (non-hydrogen) atoms. The second-order valence-electron chi connectivity index (χ2n) is 7.64. The van der Waals surface area contributed by atoms with Crippen molar-refractivity contribution >= 4 is 11.0 Å². The lowest BCUT2D eigenvalue weighted by atomic mass is 10.0. The molecule has 144 valence electrons. The first-order chi connectivity index (χ1) is 12.8. The molecule has 0 unspecified atom stereocenters. The average Bonchev–Trinajstić information content (AvgIpc) is 2.67. The highest BCUT2D eigenvalue weighted by Crippen LogP contribution is 2.18. The van der Waals surface area contributed by atoms with E-state index in [1.54, 1.807) is 0 Å². The largest absolute Gasteiger partial charge is 0.249 e. The van der Waals surface area contributed by atoms with Crippen LogP contribution in [0.4, 0.5) is 0 Å². The number of aromatic nitrogens is 2. The molecule has 2 rings (SSSR count). The summed E-state index contributed by atoms with van der Waals surface area (Å²) in [4.78, 5) is 9.95. The maximum Gasteiger partial charge on any atom is 0.0890 e. The minimum Gasteiger partial charge on any atom is -0.249 e. The van der Waals surface area contributed by atoms with Gasteiger partial charge in [0, 0.05) is 0 Å². The lowest BCUT2D eigenvalue weighted by Gasteiger charge is -2.10. The number of para-hydroxylation sites is 2. The summed E-state index contributed by atoms with van der Waals surface area (Å²) in [5.74, 6) is 0. The molecule has 0 aliphatic heterocycles. The van der Waals surface area contributed by atoms with E-state index in [0.29, 0.717) is 0 Å². The molecule has 2 heteroatoms. The van der Waals surface area contributed by atoms with Gasteiger partial charge in [0.25, 0.3) is 0 Å². The van der Waals surface area contributed by atoms with Gasteiger partial charge in [0.1, 0.15) is 0 Å². The molecular formula is C24H38N2. The highest BCUT2D eigenvalue weighted by molar-refractivity contribution is 5.74. The fourth-order valence-electron chi connectivity index (χ4n) is 3.62. The van der Waals surface area contributed by atoms with Gasteiger partial charge < -0.3 is 0 Å². The standard InChI is InChI=1S/C24H38N2/c1-3-5-7-9-11-13-17-21-22(18-14-12-10-8-6-4-2)26-24-20-16-15-19-23(24)25-21/h15-16,19-20H,3-14,17-18H2,1-2H3. The van der Waals surface area contributed by atoms with Gasteiger partial charge in [0.15, 0.2) is 0 Å². The van der Waals surface area contributed by atoms with Gasteiger partial charge in [0.2, 0.25) is 0 Å². The summed E-state index contributed by atoms with van der Waals surface area (Å²) in [6.07, 6.45) is 18.2. The molecule has 0 amide bonds. The van der Waals surface area contributed by atoms with Crippen LogP contribution in [0.1, 0.15) is 102 Å². The monoisotopic (exact) mass is 354 g/mol. The lowest BCUT2D eigenvalue weighted by molar-refractivity contribution is 0.593. The number of aryl methyl sites for hydroxylation is 2. The second-order valence-corrected chi connectivity index (χ2v) is 7.64. The molecule has 1 heterocycles. The quantitative estimate of drug-likeness (QED) is 0.329. The summed E-state index contributed by atoms with van der Waals surface area (Å²) in [5, 5.41) is 0. The van der Waals surface area contributed by atoms with Crippen LogP contribution < -0.4 is 0 Å². The second kappa shape index (κ2) is 12.8. The first-order valence-electron chi connectivity index (χ1n) is 11.1. The molecule has 0 saturated heterocycles. The van der Waals surface area contributed by atoms with E-state index in [-0.39, 0.29) is 0 Å². The Balaban J connectivity index is 1.91. The molecule has 2 nitrogen and oxygen atoms in total. The summed E-state index contributed by atoms with van der Waals surface area (Å²) in [6, 6.07) is 8.33. The van der Waals surface area contributed by atoms with Crippen LogP contribution >= 0.6 is 0 Å². The van der Waals surface area contributed by atoms with E-state index in [1.165, 1.54) is 88.4 Å². The number of hydrogen-bond donors (Lipinski definition) is 0. The van der Waals surface area contributed by atoms with Crippen molar-refractivity contribution < 1.29 is 0 Å². The fourth-order valence-corrected chi connectivity index (χ4v) is 3.62. The van der Waals surface area contributed by atoms with Gasteiger partial charge in [-0.1, -0.05) is 90.2 Å². The lowest BCUT2D eigenvalue weighted by Crippen LogP contribution is -2.03. The predicted molar refractivity (Wildman–Crippen MR) is 114 cm³/mol. The fraction of sp³-hybridized carbons (Fsp3) is 0.667. The highest BCUT2D eigenvalue weighted by Gasteiger charge is 2.09. The molecule has 0 radical (unpaired) electrons. The number of rotatable bonds is 14. The number of nitrogens with zero attached hydrogens (tertiary/aromatic N) is 2. The van der Waals surface area contributed by atoms with E-state index in [4.69, 9.17) is 9.97 Å². The zero-order valence-corrected chi connectivity index (χ0v) is 17.1. The SMILES string of the molecule is CCCCCCCCc1nc2ccccc2nc1CCCCCCCC. The van der Waals surface area contributed by atoms with E-state index in [9.17, 15) is 0 Å². The van der Waals surface area contributed by atoms with Crippen molar-refractivity contribution in [1.29, 1.82) is 0 Å². The summed E-state index contributed by atoms with van der Waals surface area (Å²) in [7, 11) is 0. The molecular weight excluding hydrogens is 316 g/mol. The van der Waals surface area contributed by atoms with Gasteiger partial charge in [-0.3, -0.25) is 0 Å². The number of unbranched alkanes of at least 4 members (excludes halogenated alkanes) is 10. The Kier molecular flexibility index (Phi) is 10.3. The highest BCUT2D eigenvalue weighted by atomic mass is 14.8. The molecule has 0 saturated carbocycles. The Morgan fingerprint density at radius 3 is 1.35 bits per heavy atom. The number of fused-ring (bicyclic) bond motifs is 1. The van der Waals surface area contributed by atoms with Crippen LogP contribution in [0.25, 0.3) is 11.0 Å². The van der Waals surface area contributed by atoms with Crippen molar-refractivity contribution in [2.75, 3.05) is 0 Å². The van der Waals surface area contributed by atoms with Crippen molar-refractivity contribution in [3.05, 3.63) is 35.7 Å². The Hall–Kier alpha value is -1.44. The third kappa shape index (κ3) is 7.43. The summed E-state index contributed by atoms with van der Waals surface area (Å²) in [6.45, 7) is 4.55. The summed E-state index contributed by atoms with van der Waals surface area (Å²) < 4.78 is 0. The van der Waals surface area contributed by atoms with Crippen molar-refractivity contribution in [3.63, 3.8) is 0 Å². The summed E-state index contributed by atoms with van der Waals surface area (Å²) >= 11 is 0. The van der Waals surface area contributed by atoms with Crippen LogP contribution in [0.5, 0.6) is 0 Å². The zero-order chi connectivity index (χ0) is 18.5. The van der Waals surface area contributed by atoms with Crippen molar-refractivity contribution in [1.82, 2.24) is 9.97 Å².